The van der Waals surface area contributed by atoms with Gasteiger partial charge in [0.15, 0.2) is 0 Å². The average molecular weight is 192 g/mol. The minimum Gasteiger partial charge on any atom is -0.148 e. The Morgan fingerprint density at radius 3 is 3.08 bits per heavy atom. The van der Waals surface area contributed by atoms with Gasteiger partial charge in [-0.3, -0.25) is 0 Å². The van der Waals surface area contributed by atoms with Gasteiger partial charge in [0.2, 0.25) is 0 Å². The standard InChI is InChI=1S/C12H16S/c1-9-8-10-4-2-6-12(9,10)11-5-3-7-13-11/h3,5,7,9-10H,2,4,6,8H2,1H3/t9-,10?,12?/m0/s1. The highest BCUT2D eigenvalue weighted by molar-refractivity contribution is 7.10. The maximum atomic E-state index is 2.45. The molecule has 3 rings (SSSR count). The zero-order valence-corrected chi connectivity index (χ0v) is 8.94. The second kappa shape index (κ2) is 2.60. The van der Waals surface area contributed by atoms with E-state index in [0.29, 0.717) is 5.41 Å². The fraction of sp³-hybridized carbons (Fsp3) is 0.667. The average Bonchev–Trinajstić information content (AvgIpc) is 2.70. The van der Waals surface area contributed by atoms with Crippen molar-refractivity contribution in [2.24, 2.45) is 11.8 Å². The lowest BCUT2D eigenvalue weighted by atomic mass is 9.54. The molecule has 0 bridgehead atoms. The first-order valence-corrected chi connectivity index (χ1v) is 6.26. The van der Waals surface area contributed by atoms with Crippen molar-refractivity contribution >= 4 is 11.3 Å². The molecule has 0 spiro atoms. The molecule has 70 valence electrons. The minimum absolute atomic E-state index is 0.633. The molecule has 0 aromatic carbocycles. The van der Waals surface area contributed by atoms with E-state index >= 15 is 0 Å². The monoisotopic (exact) mass is 192 g/mol. The molecular formula is C12H16S. The number of hydrogen-bond acceptors (Lipinski definition) is 1. The zero-order chi connectivity index (χ0) is 8.89. The van der Waals surface area contributed by atoms with Gasteiger partial charge >= 0.3 is 0 Å². The Balaban J connectivity index is 2.03. The first-order chi connectivity index (χ1) is 6.34. The highest BCUT2D eigenvalue weighted by Gasteiger charge is 2.56. The minimum atomic E-state index is 0.633. The molecule has 0 radical (unpaired) electrons. The second-order valence-electron chi connectivity index (χ2n) is 4.74. The van der Waals surface area contributed by atoms with Crippen LogP contribution in [-0.4, -0.2) is 0 Å². The smallest absolute Gasteiger partial charge is 0.0112 e. The quantitative estimate of drug-likeness (QED) is 0.634. The van der Waals surface area contributed by atoms with Crippen LogP contribution in [0, 0.1) is 11.8 Å². The summed E-state index contributed by atoms with van der Waals surface area (Å²) in [6.07, 6.45) is 5.90. The van der Waals surface area contributed by atoms with E-state index in [0.717, 1.165) is 11.8 Å². The highest BCUT2D eigenvalue weighted by Crippen LogP contribution is 2.62. The molecule has 2 saturated carbocycles. The Bertz CT molecular complexity index is 301. The van der Waals surface area contributed by atoms with Gasteiger partial charge in [0.05, 0.1) is 0 Å². The van der Waals surface area contributed by atoms with Crippen LogP contribution in [0.15, 0.2) is 17.5 Å². The summed E-state index contributed by atoms with van der Waals surface area (Å²) >= 11 is 1.98. The number of fused-ring (bicyclic) bond motifs is 1. The lowest BCUT2D eigenvalue weighted by Gasteiger charge is -2.51. The maximum Gasteiger partial charge on any atom is 0.0112 e. The molecule has 0 nitrogen and oxygen atoms in total. The molecule has 0 saturated heterocycles. The lowest BCUT2D eigenvalue weighted by Crippen LogP contribution is -2.47. The lowest BCUT2D eigenvalue weighted by molar-refractivity contribution is 0.0723. The Labute approximate surface area is 84.0 Å². The molecule has 1 aromatic rings. The van der Waals surface area contributed by atoms with E-state index in [-0.39, 0.29) is 0 Å². The summed E-state index contributed by atoms with van der Waals surface area (Å²) in [4.78, 5) is 1.67. The van der Waals surface area contributed by atoms with Crippen LogP contribution < -0.4 is 0 Å². The molecular weight excluding hydrogens is 176 g/mol. The summed E-state index contributed by atoms with van der Waals surface area (Å²) in [5, 5.41) is 2.24. The Kier molecular flexibility index (Phi) is 1.61. The number of thiophene rings is 1. The van der Waals surface area contributed by atoms with Gasteiger partial charge in [-0.05, 0) is 42.5 Å². The van der Waals surface area contributed by atoms with Gasteiger partial charge < -0.3 is 0 Å². The van der Waals surface area contributed by atoms with Crippen molar-refractivity contribution in [2.45, 2.75) is 38.0 Å². The summed E-state index contributed by atoms with van der Waals surface area (Å²) in [6, 6.07) is 4.58. The molecule has 2 aliphatic rings. The van der Waals surface area contributed by atoms with Gasteiger partial charge in [-0.2, -0.15) is 0 Å². The van der Waals surface area contributed by atoms with Gasteiger partial charge in [-0.1, -0.05) is 19.4 Å². The van der Waals surface area contributed by atoms with Gasteiger partial charge in [-0.15, -0.1) is 11.3 Å². The van der Waals surface area contributed by atoms with Gasteiger partial charge in [-0.25, -0.2) is 0 Å². The molecule has 1 aromatic heterocycles. The van der Waals surface area contributed by atoms with Crippen molar-refractivity contribution in [3.63, 3.8) is 0 Å². The third kappa shape index (κ3) is 0.864. The van der Waals surface area contributed by atoms with Crippen LogP contribution in [0.5, 0.6) is 0 Å². The molecule has 13 heavy (non-hydrogen) atoms. The molecule has 0 aliphatic heterocycles. The van der Waals surface area contributed by atoms with Crippen LogP contribution in [0.4, 0.5) is 0 Å². The first kappa shape index (κ1) is 8.05. The second-order valence-corrected chi connectivity index (χ2v) is 5.69. The van der Waals surface area contributed by atoms with E-state index in [4.69, 9.17) is 0 Å². The van der Waals surface area contributed by atoms with E-state index in [1.165, 1.54) is 25.7 Å². The van der Waals surface area contributed by atoms with Crippen molar-refractivity contribution in [3.05, 3.63) is 22.4 Å². The largest absolute Gasteiger partial charge is 0.148 e. The van der Waals surface area contributed by atoms with Crippen molar-refractivity contribution in [1.82, 2.24) is 0 Å². The van der Waals surface area contributed by atoms with Crippen LogP contribution >= 0.6 is 11.3 Å². The molecule has 1 heterocycles. The van der Waals surface area contributed by atoms with Crippen molar-refractivity contribution in [2.75, 3.05) is 0 Å². The van der Waals surface area contributed by atoms with Crippen LogP contribution in [0.2, 0.25) is 0 Å². The summed E-state index contributed by atoms with van der Waals surface area (Å²) in [5.41, 5.74) is 0.633. The fourth-order valence-corrected chi connectivity index (χ4v) is 4.82. The Hall–Kier alpha value is -0.300. The summed E-state index contributed by atoms with van der Waals surface area (Å²) in [6.45, 7) is 2.45. The SMILES string of the molecule is C[C@H]1CC2CCCC21c1cccs1. The van der Waals surface area contributed by atoms with Gasteiger partial charge in [0.1, 0.15) is 0 Å². The molecule has 2 unspecified atom stereocenters. The van der Waals surface area contributed by atoms with E-state index in [1.807, 2.05) is 11.3 Å². The van der Waals surface area contributed by atoms with E-state index in [9.17, 15) is 0 Å². The summed E-state index contributed by atoms with van der Waals surface area (Å²) in [7, 11) is 0. The molecule has 2 fully saturated rings. The van der Waals surface area contributed by atoms with E-state index in [1.54, 1.807) is 4.88 Å². The normalized spacial score (nSPS) is 42.8. The molecule has 0 N–H and O–H groups in total. The molecule has 3 atom stereocenters. The van der Waals surface area contributed by atoms with Crippen LogP contribution in [-0.2, 0) is 5.41 Å². The molecule has 2 aliphatic carbocycles. The third-order valence-electron chi connectivity index (χ3n) is 4.37. The fourth-order valence-electron chi connectivity index (χ4n) is 3.67. The number of hydrogen-bond donors (Lipinski definition) is 0. The topological polar surface area (TPSA) is 0 Å². The zero-order valence-electron chi connectivity index (χ0n) is 8.12. The van der Waals surface area contributed by atoms with Crippen molar-refractivity contribution in [1.29, 1.82) is 0 Å². The summed E-state index contributed by atoms with van der Waals surface area (Å²) in [5.74, 6) is 1.97. The van der Waals surface area contributed by atoms with E-state index in [2.05, 4.69) is 24.4 Å². The van der Waals surface area contributed by atoms with E-state index < -0.39 is 0 Å². The highest BCUT2D eigenvalue weighted by atomic mass is 32.1. The van der Waals surface area contributed by atoms with Crippen LogP contribution in [0.25, 0.3) is 0 Å². The predicted molar refractivity (Wildman–Crippen MR) is 57.1 cm³/mol. The van der Waals surface area contributed by atoms with Crippen LogP contribution in [0.1, 0.15) is 37.5 Å². The van der Waals surface area contributed by atoms with Crippen molar-refractivity contribution < 1.29 is 0 Å². The number of rotatable bonds is 1. The third-order valence-corrected chi connectivity index (χ3v) is 5.43. The Morgan fingerprint density at radius 1 is 1.54 bits per heavy atom. The first-order valence-electron chi connectivity index (χ1n) is 5.38. The van der Waals surface area contributed by atoms with Gasteiger partial charge in [0.25, 0.3) is 0 Å². The summed E-state index contributed by atoms with van der Waals surface area (Å²) < 4.78 is 0. The molecule has 0 amide bonds. The van der Waals surface area contributed by atoms with Crippen LogP contribution in [0.3, 0.4) is 0 Å². The van der Waals surface area contributed by atoms with Gasteiger partial charge in [0, 0.05) is 10.3 Å². The Morgan fingerprint density at radius 2 is 2.46 bits per heavy atom. The van der Waals surface area contributed by atoms with Crippen molar-refractivity contribution in [3.8, 4) is 0 Å². The maximum absolute atomic E-state index is 2.45. The predicted octanol–water partition coefficient (Wildman–Crippen LogP) is 3.83. The molecule has 1 heteroatoms.